The first-order valence-corrected chi connectivity index (χ1v) is 2.68. The molecule has 2 nitrogen and oxygen atoms in total. The van der Waals surface area contributed by atoms with Gasteiger partial charge in [-0.1, -0.05) is 11.5 Å². The molecule has 0 bridgehead atoms. The quantitative estimate of drug-likeness (QED) is 0.399. The average Bonchev–Trinajstić information content (AvgIpc) is 1.35. The van der Waals surface area contributed by atoms with E-state index in [-0.39, 0.29) is 0 Å². The van der Waals surface area contributed by atoms with Gasteiger partial charge in [-0.05, 0) is 0 Å². The molecule has 0 aromatic carbocycles. The molecule has 0 aromatic rings. The highest BCUT2D eigenvalue weighted by Crippen LogP contribution is 2.10. The van der Waals surface area contributed by atoms with Gasteiger partial charge in [0.25, 0.3) is 0 Å². The molecular formula is C3H5O2P. The van der Waals surface area contributed by atoms with Crippen LogP contribution < -0.4 is 0 Å². The van der Waals surface area contributed by atoms with E-state index in [1.54, 1.807) is 6.92 Å². The van der Waals surface area contributed by atoms with Gasteiger partial charge in [-0.15, -0.1) is 0 Å². The minimum atomic E-state index is -2.16. The standard InChI is InChI=1S/C3H5O2P/c1-2-3-6(4)5/h2H,1H3,(H,4,5). The Hall–Kier alpha value is -0.200. The maximum absolute atomic E-state index is 9.61. The van der Waals surface area contributed by atoms with Crippen LogP contribution in [0.4, 0.5) is 0 Å². The number of hydrogen-bond donors (Lipinski definition) is 1. The third-order valence-corrected chi connectivity index (χ3v) is 0.719. The van der Waals surface area contributed by atoms with E-state index >= 15 is 0 Å². The molecule has 1 atom stereocenters. The monoisotopic (exact) mass is 104 g/mol. The van der Waals surface area contributed by atoms with Crippen molar-refractivity contribution in [3.63, 3.8) is 0 Å². The Morgan fingerprint density at radius 1 is 2.00 bits per heavy atom. The first kappa shape index (κ1) is 5.80. The summed E-state index contributed by atoms with van der Waals surface area (Å²) in [5.74, 6) is 2.15. The molecule has 0 rings (SSSR count). The van der Waals surface area contributed by atoms with Gasteiger partial charge in [0, 0.05) is 0 Å². The van der Waals surface area contributed by atoms with E-state index < -0.39 is 8.03 Å². The molecule has 0 radical (unpaired) electrons. The molecule has 0 spiro atoms. The smallest absolute Gasteiger partial charge is 0.223 e. The van der Waals surface area contributed by atoms with E-state index in [0.29, 0.717) is 0 Å². The number of hydrogen-bond acceptors (Lipinski definition) is 1. The third-order valence-electron chi connectivity index (χ3n) is 0.240. The maximum atomic E-state index is 9.61. The minimum absolute atomic E-state index is 1.42. The lowest BCUT2D eigenvalue weighted by molar-refractivity contribution is 0.511. The Labute approximate surface area is 37.4 Å². The summed E-state index contributed by atoms with van der Waals surface area (Å²) in [6, 6.07) is 0. The van der Waals surface area contributed by atoms with Crippen molar-refractivity contribution in [2.24, 2.45) is 0 Å². The van der Waals surface area contributed by atoms with Crippen LogP contribution in [0.5, 0.6) is 0 Å². The van der Waals surface area contributed by atoms with Crippen LogP contribution in [0.2, 0.25) is 0 Å². The van der Waals surface area contributed by atoms with Crippen LogP contribution in [0.1, 0.15) is 6.92 Å². The molecule has 1 N–H and O–H groups in total. The fourth-order valence-electron chi connectivity index (χ4n) is 0.110. The molecule has 34 valence electrons. The van der Waals surface area contributed by atoms with Gasteiger partial charge < -0.3 is 0 Å². The fourth-order valence-corrected chi connectivity index (χ4v) is 0.331. The molecule has 0 saturated carbocycles. The fraction of sp³-hybridized carbons (Fsp3) is 0.333. The maximum Gasteiger partial charge on any atom is 0.345 e. The predicted octanol–water partition coefficient (Wildman–Crippen LogP) is 1.06. The highest BCUT2D eigenvalue weighted by atomic mass is 31.1. The molecule has 0 aromatic heterocycles. The zero-order valence-corrected chi connectivity index (χ0v) is 4.27. The van der Waals surface area contributed by atoms with Crippen molar-refractivity contribution in [2.45, 2.75) is 6.92 Å². The lowest BCUT2D eigenvalue weighted by Crippen LogP contribution is -1.42. The van der Waals surface area contributed by atoms with Crippen molar-refractivity contribution in [1.29, 1.82) is 0 Å². The summed E-state index contributed by atoms with van der Waals surface area (Å²) in [5.41, 5.74) is 0. The Morgan fingerprint density at radius 2 is 2.50 bits per heavy atom. The van der Waals surface area contributed by atoms with E-state index in [1.807, 2.05) is 0 Å². The van der Waals surface area contributed by atoms with Gasteiger partial charge >= 0.3 is 8.03 Å². The molecule has 0 aliphatic carbocycles. The zero-order valence-electron chi connectivity index (χ0n) is 3.38. The summed E-state index contributed by atoms with van der Waals surface area (Å²) in [7, 11) is -2.16. The molecule has 0 aliphatic heterocycles. The van der Waals surface area contributed by atoms with E-state index in [4.69, 9.17) is 4.89 Å². The summed E-state index contributed by atoms with van der Waals surface area (Å²) in [4.78, 5) is 7.92. The van der Waals surface area contributed by atoms with Gasteiger partial charge in [-0.2, -0.15) is 10.7 Å². The summed E-state index contributed by atoms with van der Waals surface area (Å²) in [6.07, 6.45) is 1.42. The lowest BCUT2D eigenvalue weighted by Gasteiger charge is -1.69. The third kappa shape index (κ3) is 3.80. The van der Waals surface area contributed by atoms with E-state index in [0.717, 1.165) is 0 Å². The van der Waals surface area contributed by atoms with E-state index in [1.165, 1.54) is 6.08 Å². The van der Waals surface area contributed by atoms with Crippen LogP contribution in [0.25, 0.3) is 0 Å². The molecule has 0 aliphatic rings. The summed E-state index contributed by atoms with van der Waals surface area (Å²) < 4.78 is 9.61. The van der Waals surface area contributed by atoms with Crippen LogP contribution >= 0.6 is 8.03 Å². The molecular weight excluding hydrogens is 99.0 g/mol. The van der Waals surface area contributed by atoms with Crippen molar-refractivity contribution < 1.29 is 9.46 Å². The van der Waals surface area contributed by atoms with Gasteiger partial charge in [0.05, 0.1) is 0 Å². The van der Waals surface area contributed by atoms with Gasteiger partial charge in [-0.3, -0.25) is 0 Å². The lowest BCUT2D eigenvalue weighted by atomic mass is 10.8. The second kappa shape index (κ2) is 3.01. The Morgan fingerprint density at radius 3 is 2.50 bits per heavy atom. The summed E-state index contributed by atoms with van der Waals surface area (Å²) in [5, 5.41) is 0. The van der Waals surface area contributed by atoms with Crippen LogP contribution in [0.3, 0.4) is 0 Å². The predicted molar refractivity (Wildman–Crippen MR) is 23.3 cm³/mol. The van der Waals surface area contributed by atoms with Gasteiger partial charge in [0.1, 0.15) is 0 Å². The van der Waals surface area contributed by atoms with Crippen LogP contribution in [-0.4, -0.2) is 4.89 Å². The summed E-state index contributed by atoms with van der Waals surface area (Å²) in [6.45, 7) is 1.64. The highest BCUT2D eigenvalue weighted by Gasteiger charge is 1.77. The molecule has 0 fully saturated rings. The van der Waals surface area contributed by atoms with Crippen molar-refractivity contribution in [3.8, 4) is 0 Å². The Balaban J connectivity index is 3.30. The highest BCUT2D eigenvalue weighted by molar-refractivity contribution is 7.40. The molecule has 0 saturated heterocycles. The van der Waals surface area contributed by atoms with Gasteiger partial charge in [0.2, 0.25) is 0 Å². The van der Waals surface area contributed by atoms with Crippen LogP contribution in [0, 0.1) is 5.82 Å². The number of allylic oxidation sites excluding steroid dienone is 1. The molecule has 0 amide bonds. The van der Waals surface area contributed by atoms with Crippen LogP contribution in [0.15, 0.2) is 6.08 Å². The topological polar surface area (TPSA) is 37.3 Å². The molecule has 6 heavy (non-hydrogen) atoms. The first-order chi connectivity index (χ1) is 2.77. The van der Waals surface area contributed by atoms with Gasteiger partial charge in [0.15, 0.2) is 0 Å². The molecule has 0 heterocycles. The van der Waals surface area contributed by atoms with Crippen molar-refractivity contribution in [3.05, 3.63) is 11.9 Å². The second-order valence-corrected chi connectivity index (χ2v) is 1.49. The Bertz CT molecular complexity index is 76.9. The van der Waals surface area contributed by atoms with Crippen molar-refractivity contribution in [1.82, 2.24) is 0 Å². The first-order valence-electron chi connectivity index (χ1n) is 1.47. The molecule has 1 unspecified atom stereocenters. The largest absolute Gasteiger partial charge is 0.345 e. The normalized spacial score (nSPS) is 12.7. The second-order valence-electron chi connectivity index (χ2n) is 0.691. The molecule has 3 heteroatoms. The minimum Gasteiger partial charge on any atom is -0.223 e. The van der Waals surface area contributed by atoms with E-state index in [2.05, 4.69) is 5.82 Å². The Kier molecular flexibility index (Phi) is 2.91. The van der Waals surface area contributed by atoms with Gasteiger partial charge in [-0.25, -0.2) is 6.08 Å². The van der Waals surface area contributed by atoms with Crippen LogP contribution in [-0.2, 0) is 4.57 Å². The van der Waals surface area contributed by atoms with E-state index in [9.17, 15) is 4.57 Å². The SMILES string of the molecule is CC=[C-][P+](=O)O. The van der Waals surface area contributed by atoms with Crippen molar-refractivity contribution >= 4 is 8.03 Å². The van der Waals surface area contributed by atoms with Crippen molar-refractivity contribution in [2.75, 3.05) is 0 Å². The zero-order chi connectivity index (χ0) is 4.99. The summed E-state index contributed by atoms with van der Waals surface area (Å²) >= 11 is 0. The average molecular weight is 104 g/mol. The number of rotatable bonds is 1.